The van der Waals surface area contributed by atoms with Gasteiger partial charge in [-0.1, -0.05) is 6.07 Å². The fourth-order valence-electron chi connectivity index (χ4n) is 2.37. The normalized spacial score (nSPS) is 10.1. The molecule has 0 aliphatic heterocycles. The predicted molar refractivity (Wildman–Crippen MR) is 97.9 cm³/mol. The van der Waals surface area contributed by atoms with Crippen molar-refractivity contribution in [1.82, 2.24) is 4.98 Å². The van der Waals surface area contributed by atoms with Crippen LogP contribution < -0.4 is 10.1 Å². The van der Waals surface area contributed by atoms with Gasteiger partial charge in [-0.25, -0.2) is 4.98 Å². The van der Waals surface area contributed by atoms with Crippen LogP contribution in [0.5, 0.6) is 5.75 Å². The molecule has 2 aromatic carbocycles. The van der Waals surface area contributed by atoms with Gasteiger partial charge in [0.05, 0.1) is 24.4 Å². The number of hydrogen-bond donors (Lipinski definition) is 1. The zero-order valence-electron chi connectivity index (χ0n) is 13.7. The maximum atomic E-state index is 12.4. The van der Waals surface area contributed by atoms with Crippen molar-refractivity contribution in [3.8, 4) is 23.1 Å². The molecule has 0 bridgehead atoms. The predicted octanol–water partition coefficient (Wildman–Crippen LogP) is 4.25. The van der Waals surface area contributed by atoms with Crippen molar-refractivity contribution in [2.75, 3.05) is 12.4 Å². The highest BCUT2D eigenvalue weighted by molar-refractivity contribution is 7.16. The zero-order valence-corrected chi connectivity index (χ0v) is 14.6. The number of aryl methyl sites for hydroxylation is 1. The van der Waals surface area contributed by atoms with E-state index in [1.807, 2.05) is 37.3 Å². The van der Waals surface area contributed by atoms with Crippen molar-refractivity contribution in [3.05, 3.63) is 64.5 Å². The molecule has 1 N–H and O–H groups in total. The molecule has 0 aliphatic carbocycles. The zero-order chi connectivity index (χ0) is 17.8. The summed E-state index contributed by atoms with van der Waals surface area (Å²) in [7, 11) is 1.62. The van der Waals surface area contributed by atoms with Gasteiger partial charge in [-0.15, -0.1) is 11.3 Å². The van der Waals surface area contributed by atoms with Crippen molar-refractivity contribution in [3.63, 3.8) is 0 Å². The number of anilines is 1. The molecular weight excluding hydrogens is 334 g/mol. The number of methoxy groups -OCH3 is 1. The molecule has 124 valence electrons. The molecule has 1 amide bonds. The lowest BCUT2D eigenvalue weighted by Gasteiger charge is -2.02. The number of nitriles is 1. The van der Waals surface area contributed by atoms with Gasteiger partial charge in [0.25, 0.3) is 5.91 Å². The number of amides is 1. The third-order valence-corrected chi connectivity index (χ3v) is 4.52. The first-order chi connectivity index (χ1) is 12.1. The summed E-state index contributed by atoms with van der Waals surface area (Å²) < 4.78 is 5.16. The van der Waals surface area contributed by atoms with Gasteiger partial charge in [0, 0.05) is 16.0 Å². The van der Waals surface area contributed by atoms with E-state index in [-0.39, 0.29) is 5.91 Å². The molecule has 5 nitrogen and oxygen atoms in total. The fourth-order valence-corrected chi connectivity index (χ4v) is 3.20. The van der Waals surface area contributed by atoms with Crippen LogP contribution in [0.1, 0.15) is 20.8 Å². The Balaban J connectivity index is 1.82. The van der Waals surface area contributed by atoms with Gasteiger partial charge in [-0.3, -0.25) is 10.1 Å². The van der Waals surface area contributed by atoms with Crippen molar-refractivity contribution < 1.29 is 9.53 Å². The second-order valence-corrected chi connectivity index (χ2v) is 6.50. The second-order valence-electron chi connectivity index (χ2n) is 5.30. The van der Waals surface area contributed by atoms with Crippen LogP contribution in [0, 0.1) is 18.3 Å². The monoisotopic (exact) mass is 349 g/mol. The van der Waals surface area contributed by atoms with Crippen molar-refractivity contribution in [2.45, 2.75) is 6.92 Å². The Labute approximate surface area is 149 Å². The molecule has 0 atom stereocenters. The maximum absolute atomic E-state index is 12.4. The van der Waals surface area contributed by atoms with Gasteiger partial charge in [0.15, 0.2) is 5.13 Å². The number of nitrogens with one attached hydrogen (secondary N) is 1. The number of benzene rings is 2. The van der Waals surface area contributed by atoms with E-state index in [1.165, 1.54) is 11.3 Å². The minimum Gasteiger partial charge on any atom is -0.497 e. The number of thiazole rings is 1. The van der Waals surface area contributed by atoms with Gasteiger partial charge in [0.1, 0.15) is 5.75 Å². The van der Waals surface area contributed by atoms with Crippen LogP contribution in [0.3, 0.4) is 0 Å². The second kappa shape index (κ2) is 7.16. The summed E-state index contributed by atoms with van der Waals surface area (Å²) in [4.78, 5) is 17.9. The molecule has 0 saturated heterocycles. The Hall–Kier alpha value is -3.17. The molecule has 25 heavy (non-hydrogen) atoms. The van der Waals surface area contributed by atoms with Crippen LogP contribution in [0.25, 0.3) is 11.3 Å². The van der Waals surface area contributed by atoms with E-state index in [4.69, 9.17) is 10.00 Å². The molecule has 0 fully saturated rings. The van der Waals surface area contributed by atoms with Crippen LogP contribution in [-0.4, -0.2) is 18.0 Å². The SMILES string of the molecule is COc1ccc(-c2nc(NC(=O)c3cccc(C#N)c3)sc2C)cc1. The van der Waals surface area contributed by atoms with Crippen molar-refractivity contribution >= 4 is 22.4 Å². The van der Waals surface area contributed by atoms with E-state index in [1.54, 1.807) is 31.4 Å². The smallest absolute Gasteiger partial charge is 0.257 e. The highest BCUT2D eigenvalue weighted by atomic mass is 32.1. The van der Waals surface area contributed by atoms with Crippen molar-refractivity contribution in [1.29, 1.82) is 5.26 Å². The highest BCUT2D eigenvalue weighted by Gasteiger charge is 2.13. The topological polar surface area (TPSA) is 75.0 Å². The lowest BCUT2D eigenvalue weighted by molar-refractivity contribution is 0.102. The first-order valence-corrected chi connectivity index (χ1v) is 8.35. The Morgan fingerprint density at radius 3 is 2.68 bits per heavy atom. The number of rotatable bonds is 4. The van der Waals surface area contributed by atoms with Gasteiger partial charge in [-0.05, 0) is 49.4 Å². The Morgan fingerprint density at radius 2 is 2.00 bits per heavy atom. The number of ether oxygens (including phenoxy) is 1. The number of carbonyl (C=O) groups is 1. The summed E-state index contributed by atoms with van der Waals surface area (Å²) in [6, 6.07) is 16.2. The molecule has 1 aromatic heterocycles. The molecule has 0 saturated carbocycles. The number of hydrogen-bond acceptors (Lipinski definition) is 5. The first-order valence-electron chi connectivity index (χ1n) is 7.54. The van der Waals surface area contributed by atoms with Gasteiger partial charge < -0.3 is 4.74 Å². The number of nitrogens with zero attached hydrogens (tertiary/aromatic N) is 2. The summed E-state index contributed by atoms with van der Waals surface area (Å²) in [5.74, 6) is 0.495. The molecule has 1 heterocycles. The van der Waals surface area contributed by atoms with Gasteiger partial charge >= 0.3 is 0 Å². The Morgan fingerprint density at radius 1 is 1.24 bits per heavy atom. The standard InChI is InChI=1S/C19H15N3O2S/c1-12-17(14-6-8-16(24-2)9-7-14)21-19(25-12)22-18(23)15-5-3-4-13(10-15)11-20/h3-10H,1-2H3,(H,21,22,23). The van der Waals surface area contributed by atoms with E-state index in [0.29, 0.717) is 16.3 Å². The van der Waals surface area contributed by atoms with Crippen LogP contribution >= 0.6 is 11.3 Å². The lowest BCUT2D eigenvalue weighted by atomic mass is 10.1. The van der Waals surface area contributed by atoms with Crippen LogP contribution in [-0.2, 0) is 0 Å². The molecule has 0 spiro atoms. The molecule has 3 aromatic rings. The minimum atomic E-state index is -0.285. The first kappa shape index (κ1) is 16.7. The summed E-state index contributed by atoms with van der Waals surface area (Å²) >= 11 is 1.41. The summed E-state index contributed by atoms with van der Waals surface area (Å²) in [5.41, 5.74) is 2.66. The van der Waals surface area contributed by atoms with E-state index < -0.39 is 0 Å². The Kier molecular flexibility index (Phi) is 4.78. The molecule has 0 radical (unpaired) electrons. The van der Waals surface area contributed by atoms with E-state index in [2.05, 4.69) is 10.3 Å². The maximum Gasteiger partial charge on any atom is 0.257 e. The lowest BCUT2D eigenvalue weighted by Crippen LogP contribution is -2.11. The fraction of sp³-hybridized carbons (Fsp3) is 0.105. The quantitative estimate of drug-likeness (QED) is 0.764. The third kappa shape index (κ3) is 3.67. The molecule has 0 aliphatic rings. The highest BCUT2D eigenvalue weighted by Crippen LogP contribution is 2.31. The Bertz CT molecular complexity index is 956. The average Bonchev–Trinajstić information content (AvgIpc) is 3.02. The average molecular weight is 349 g/mol. The molecule has 0 unspecified atom stereocenters. The summed E-state index contributed by atoms with van der Waals surface area (Å²) in [5, 5.41) is 12.3. The summed E-state index contributed by atoms with van der Waals surface area (Å²) in [6.07, 6.45) is 0. The van der Waals surface area contributed by atoms with Gasteiger partial charge in [0.2, 0.25) is 0 Å². The van der Waals surface area contributed by atoms with E-state index in [0.717, 1.165) is 21.9 Å². The van der Waals surface area contributed by atoms with Crippen LogP contribution in [0.15, 0.2) is 48.5 Å². The largest absolute Gasteiger partial charge is 0.497 e. The number of carbonyl (C=O) groups excluding carboxylic acids is 1. The van der Waals surface area contributed by atoms with Crippen LogP contribution in [0.2, 0.25) is 0 Å². The molecule has 3 rings (SSSR count). The van der Waals surface area contributed by atoms with Crippen LogP contribution in [0.4, 0.5) is 5.13 Å². The van der Waals surface area contributed by atoms with Crippen molar-refractivity contribution in [2.24, 2.45) is 0 Å². The van der Waals surface area contributed by atoms with E-state index in [9.17, 15) is 4.79 Å². The minimum absolute atomic E-state index is 0.285. The number of aromatic nitrogens is 1. The molecular formula is C19H15N3O2S. The summed E-state index contributed by atoms with van der Waals surface area (Å²) in [6.45, 7) is 1.96. The third-order valence-electron chi connectivity index (χ3n) is 3.63. The van der Waals surface area contributed by atoms with Gasteiger partial charge in [-0.2, -0.15) is 5.26 Å². The van der Waals surface area contributed by atoms with E-state index >= 15 is 0 Å². The molecule has 6 heteroatoms.